The van der Waals surface area contributed by atoms with Gasteiger partial charge in [-0.15, -0.1) is 11.6 Å². The summed E-state index contributed by atoms with van der Waals surface area (Å²) in [5, 5.41) is 0.0113. The number of halogens is 1. The van der Waals surface area contributed by atoms with Crippen molar-refractivity contribution in [1.82, 2.24) is 0 Å². The normalized spacial score (nSPS) is 47.1. The first-order chi connectivity index (χ1) is 8.08. The van der Waals surface area contributed by atoms with Crippen molar-refractivity contribution in [1.29, 1.82) is 0 Å². The number of alkyl halides is 1. The van der Waals surface area contributed by atoms with Gasteiger partial charge in [0, 0.05) is 22.6 Å². The maximum absolute atomic E-state index is 11.7. The fraction of sp³-hybridized carbons (Fsp3) is 0.750. The maximum atomic E-state index is 11.7. The average molecular weight is 259 g/mol. The summed E-state index contributed by atoms with van der Waals surface area (Å²) in [6.45, 7) is 2.70. The summed E-state index contributed by atoms with van der Waals surface area (Å²) in [6, 6.07) is 0. The van der Waals surface area contributed by atoms with Gasteiger partial charge in [0.1, 0.15) is 0 Å². The molecule has 1 saturated heterocycles. The zero-order valence-corrected chi connectivity index (χ0v) is 10.6. The van der Waals surface area contributed by atoms with E-state index in [9.17, 15) is 4.79 Å². The van der Waals surface area contributed by atoms with E-state index in [1.165, 1.54) is 13.4 Å². The van der Waals surface area contributed by atoms with Crippen molar-refractivity contribution < 1.29 is 19.0 Å². The Morgan fingerprint density at radius 2 is 2.41 bits per heavy atom. The summed E-state index contributed by atoms with van der Waals surface area (Å²) < 4.78 is 15.9. The molecule has 0 aromatic rings. The molecule has 4 nitrogen and oxygen atoms in total. The quantitative estimate of drug-likeness (QED) is 0.530. The molecule has 2 fully saturated rings. The summed E-state index contributed by atoms with van der Waals surface area (Å²) >= 11 is 6.42. The van der Waals surface area contributed by atoms with Crippen LogP contribution in [0, 0.1) is 17.3 Å². The Hall–Kier alpha value is -0.740. The van der Waals surface area contributed by atoms with Gasteiger partial charge >= 0.3 is 5.97 Å². The van der Waals surface area contributed by atoms with Crippen LogP contribution in [0.1, 0.15) is 13.3 Å². The zero-order chi connectivity index (χ0) is 12.2. The van der Waals surface area contributed by atoms with E-state index in [4.69, 9.17) is 25.8 Å². The zero-order valence-electron chi connectivity index (χ0n) is 9.81. The number of rotatable bonds is 1. The van der Waals surface area contributed by atoms with Gasteiger partial charge in [0.15, 0.2) is 0 Å². The topological polar surface area (TPSA) is 44.8 Å². The van der Waals surface area contributed by atoms with Crippen LogP contribution in [0.3, 0.4) is 0 Å². The highest BCUT2D eigenvalue weighted by atomic mass is 35.5. The Morgan fingerprint density at radius 3 is 3.12 bits per heavy atom. The van der Waals surface area contributed by atoms with Crippen molar-refractivity contribution in [2.24, 2.45) is 17.3 Å². The Balaban J connectivity index is 1.98. The second-order valence-corrected chi connectivity index (χ2v) is 5.75. The minimum Gasteiger partial charge on any atom is -0.472 e. The molecule has 1 unspecified atom stereocenters. The van der Waals surface area contributed by atoms with Crippen LogP contribution >= 0.6 is 11.6 Å². The summed E-state index contributed by atoms with van der Waals surface area (Å²) in [5.41, 5.74) is 0.485. The largest absolute Gasteiger partial charge is 0.472 e. The molecule has 0 amide bonds. The Kier molecular flexibility index (Phi) is 2.42. The highest BCUT2D eigenvalue weighted by Crippen LogP contribution is 2.59. The summed E-state index contributed by atoms with van der Waals surface area (Å²) in [4.78, 5) is 11.7. The van der Waals surface area contributed by atoms with E-state index in [1.54, 1.807) is 0 Å². The van der Waals surface area contributed by atoms with Crippen LogP contribution in [-0.4, -0.2) is 31.4 Å². The lowest BCUT2D eigenvalue weighted by Crippen LogP contribution is -2.36. The third-order valence-corrected chi connectivity index (χ3v) is 5.05. The van der Waals surface area contributed by atoms with Gasteiger partial charge in [0.25, 0.3) is 0 Å². The molecule has 5 heteroatoms. The van der Waals surface area contributed by atoms with Crippen LogP contribution in [-0.2, 0) is 19.0 Å². The molecule has 3 aliphatic rings. The van der Waals surface area contributed by atoms with Crippen LogP contribution in [0.4, 0.5) is 0 Å². The van der Waals surface area contributed by atoms with Crippen molar-refractivity contribution in [3.63, 3.8) is 0 Å². The number of esters is 1. The van der Waals surface area contributed by atoms with Gasteiger partial charge in [-0.05, 0) is 6.42 Å². The molecule has 94 valence electrons. The second-order valence-electron chi connectivity index (χ2n) is 5.22. The van der Waals surface area contributed by atoms with Gasteiger partial charge < -0.3 is 14.2 Å². The van der Waals surface area contributed by atoms with Crippen LogP contribution in [0.5, 0.6) is 0 Å². The van der Waals surface area contributed by atoms with Crippen molar-refractivity contribution in [2.45, 2.75) is 25.0 Å². The van der Waals surface area contributed by atoms with Crippen molar-refractivity contribution in [2.75, 3.05) is 13.7 Å². The van der Waals surface area contributed by atoms with Gasteiger partial charge in [0.2, 0.25) is 6.29 Å². The number of methoxy groups -OCH3 is 1. The van der Waals surface area contributed by atoms with Crippen molar-refractivity contribution in [3.8, 4) is 0 Å². The third kappa shape index (κ3) is 1.37. The van der Waals surface area contributed by atoms with Crippen LogP contribution in [0.15, 0.2) is 11.8 Å². The fourth-order valence-corrected chi connectivity index (χ4v) is 3.75. The molecule has 1 aliphatic carbocycles. The number of carbonyl (C=O) groups excluding carboxylic acids is 1. The molecule has 5 atom stereocenters. The van der Waals surface area contributed by atoms with Crippen LogP contribution in [0.2, 0.25) is 0 Å². The molecule has 0 radical (unpaired) electrons. The number of hydrogen-bond acceptors (Lipinski definition) is 4. The van der Waals surface area contributed by atoms with E-state index in [-0.39, 0.29) is 34.9 Å². The average Bonchev–Trinajstić information content (AvgIpc) is 2.80. The summed E-state index contributed by atoms with van der Waals surface area (Å²) in [5.74, 6) is -0.0752. The molecule has 2 heterocycles. The summed E-state index contributed by atoms with van der Waals surface area (Å²) in [6.07, 6.45) is 2.01. The Bertz CT molecular complexity index is 394. The van der Waals surface area contributed by atoms with Crippen LogP contribution < -0.4 is 0 Å². The SMILES string of the molecule is COC(=O)C1=CO[C@@H]2OCC3(C)[C@@H]2[C@@H]1C[C@H]3Cl. The first-order valence-corrected chi connectivity index (χ1v) is 6.21. The minimum atomic E-state index is -0.325. The number of ether oxygens (including phenoxy) is 3. The smallest absolute Gasteiger partial charge is 0.337 e. The molecule has 0 N–H and O–H groups in total. The molecule has 1 saturated carbocycles. The lowest BCUT2D eigenvalue weighted by molar-refractivity contribution is -0.141. The van der Waals surface area contributed by atoms with Gasteiger partial charge in [-0.2, -0.15) is 0 Å². The highest BCUT2D eigenvalue weighted by Gasteiger charge is 2.62. The molecule has 0 bridgehead atoms. The predicted molar refractivity (Wildman–Crippen MR) is 60.3 cm³/mol. The number of hydrogen-bond donors (Lipinski definition) is 0. The minimum absolute atomic E-state index is 0.0113. The van der Waals surface area contributed by atoms with Gasteiger partial charge in [-0.25, -0.2) is 4.79 Å². The maximum Gasteiger partial charge on any atom is 0.337 e. The fourth-order valence-electron chi connectivity index (χ4n) is 3.35. The van der Waals surface area contributed by atoms with E-state index >= 15 is 0 Å². The van der Waals surface area contributed by atoms with Gasteiger partial charge in [-0.3, -0.25) is 0 Å². The second kappa shape index (κ2) is 3.62. The molecule has 17 heavy (non-hydrogen) atoms. The molecule has 2 aliphatic heterocycles. The van der Waals surface area contributed by atoms with E-state index < -0.39 is 0 Å². The standard InChI is InChI=1S/C12H15ClO4/c1-12-5-17-11-9(12)6(3-8(12)13)7(4-16-11)10(14)15-2/h4,6,8-9,11H,3,5H2,1-2H3/t6-,8-,9-,11-,12?/m1/s1. The van der Waals surface area contributed by atoms with E-state index in [0.29, 0.717) is 12.2 Å². The van der Waals surface area contributed by atoms with E-state index in [2.05, 4.69) is 6.92 Å². The highest BCUT2D eigenvalue weighted by molar-refractivity contribution is 6.21. The van der Waals surface area contributed by atoms with Crippen LogP contribution in [0.25, 0.3) is 0 Å². The molecule has 0 aromatic carbocycles. The number of carbonyl (C=O) groups is 1. The van der Waals surface area contributed by atoms with Crippen molar-refractivity contribution >= 4 is 17.6 Å². The first-order valence-electron chi connectivity index (χ1n) is 5.77. The third-order valence-electron chi connectivity index (χ3n) is 4.37. The molecule has 0 aromatic heterocycles. The van der Waals surface area contributed by atoms with E-state index in [1.807, 2.05) is 0 Å². The predicted octanol–water partition coefficient (Wildman–Crippen LogP) is 1.68. The monoisotopic (exact) mass is 258 g/mol. The van der Waals surface area contributed by atoms with Gasteiger partial charge in [0.05, 0.1) is 25.6 Å². The first kappa shape index (κ1) is 11.4. The molecule has 3 rings (SSSR count). The molecular weight excluding hydrogens is 244 g/mol. The lowest BCUT2D eigenvalue weighted by atomic mass is 9.76. The Labute approximate surface area is 105 Å². The molecule has 0 spiro atoms. The summed E-state index contributed by atoms with van der Waals surface area (Å²) in [7, 11) is 1.38. The van der Waals surface area contributed by atoms with E-state index in [0.717, 1.165) is 6.42 Å². The Morgan fingerprint density at radius 1 is 1.65 bits per heavy atom. The lowest BCUT2D eigenvalue weighted by Gasteiger charge is -2.32. The van der Waals surface area contributed by atoms with Gasteiger partial charge in [-0.1, -0.05) is 6.92 Å². The molecular formula is C12H15ClO4. The van der Waals surface area contributed by atoms with Crippen molar-refractivity contribution in [3.05, 3.63) is 11.8 Å².